The summed E-state index contributed by atoms with van der Waals surface area (Å²) in [7, 11) is 0. The molecule has 0 saturated carbocycles. The Hall–Kier alpha value is -1.45. The first-order valence-corrected chi connectivity index (χ1v) is 5.13. The fourth-order valence-electron chi connectivity index (χ4n) is 1.83. The predicted octanol–water partition coefficient (Wildman–Crippen LogP) is 3.30. The standard InChI is InChI=1S/C12H12F3N/c13-12(14,15)11-5-1-3-9(7-11)10-4-2-6-16-8-10/h1-3,5-7,10,16H,4,8H2. The Morgan fingerprint density at radius 3 is 2.69 bits per heavy atom. The number of nitrogens with one attached hydrogen (secondary N) is 1. The maximum atomic E-state index is 12.5. The van der Waals surface area contributed by atoms with Crippen LogP contribution in [0.3, 0.4) is 0 Å². The highest BCUT2D eigenvalue weighted by Crippen LogP contribution is 2.32. The van der Waals surface area contributed by atoms with E-state index >= 15 is 0 Å². The van der Waals surface area contributed by atoms with E-state index in [1.165, 1.54) is 12.1 Å². The third-order valence-corrected chi connectivity index (χ3v) is 2.71. The summed E-state index contributed by atoms with van der Waals surface area (Å²) >= 11 is 0. The van der Waals surface area contributed by atoms with E-state index in [9.17, 15) is 13.2 Å². The molecule has 0 spiro atoms. The monoisotopic (exact) mass is 227 g/mol. The van der Waals surface area contributed by atoms with E-state index in [-0.39, 0.29) is 5.92 Å². The van der Waals surface area contributed by atoms with Crippen LogP contribution in [0.15, 0.2) is 36.5 Å². The zero-order valence-electron chi connectivity index (χ0n) is 8.59. The van der Waals surface area contributed by atoms with Crippen molar-refractivity contribution in [2.75, 3.05) is 6.54 Å². The van der Waals surface area contributed by atoms with Crippen LogP contribution in [0.25, 0.3) is 0 Å². The van der Waals surface area contributed by atoms with Gasteiger partial charge in [-0.05, 0) is 24.3 Å². The maximum absolute atomic E-state index is 12.5. The first-order chi connectivity index (χ1) is 7.57. The third kappa shape index (κ3) is 2.38. The first kappa shape index (κ1) is 11.0. The number of rotatable bonds is 1. The van der Waals surface area contributed by atoms with Gasteiger partial charge in [-0.1, -0.05) is 24.3 Å². The zero-order valence-corrected chi connectivity index (χ0v) is 8.59. The molecule has 1 N–H and O–H groups in total. The molecule has 1 atom stereocenters. The molecule has 1 aromatic rings. The smallest absolute Gasteiger partial charge is 0.391 e. The number of hydrogen-bond acceptors (Lipinski definition) is 1. The molecule has 0 aliphatic carbocycles. The lowest BCUT2D eigenvalue weighted by Gasteiger charge is -2.20. The van der Waals surface area contributed by atoms with Crippen LogP contribution in [-0.4, -0.2) is 6.54 Å². The first-order valence-electron chi connectivity index (χ1n) is 5.13. The fraction of sp³-hybridized carbons (Fsp3) is 0.333. The molecule has 1 aromatic carbocycles. The molecule has 0 amide bonds. The lowest BCUT2D eigenvalue weighted by molar-refractivity contribution is -0.137. The minimum absolute atomic E-state index is 0.132. The van der Waals surface area contributed by atoms with Crippen LogP contribution in [0.5, 0.6) is 0 Å². The largest absolute Gasteiger partial charge is 0.416 e. The molecule has 1 heterocycles. The Bertz CT molecular complexity index is 395. The van der Waals surface area contributed by atoms with Crippen LogP contribution in [0.1, 0.15) is 23.5 Å². The van der Waals surface area contributed by atoms with Crippen LogP contribution in [0.4, 0.5) is 13.2 Å². The Balaban J connectivity index is 2.25. The summed E-state index contributed by atoms with van der Waals surface area (Å²) in [5.74, 6) is 0.132. The van der Waals surface area contributed by atoms with Gasteiger partial charge in [0.15, 0.2) is 0 Å². The minimum atomic E-state index is -4.26. The molecule has 1 unspecified atom stereocenters. The van der Waals surface area contributed by atoms with Gasteiger partial charge in [-0.25, -0.2) is 0 Å². The molecule has 86 valence electrons. The molecular weight excluding hydrogens is 215 g/mol. The summed E-state index contributed by atoms with van der Waals surface area (Å²) in [6.45, 7) is 0.692. The van der Waals surface area contributed by atoms with Gasteiger partial charge in [-0.15, -0.1) is 0 Å². The molecule has 4 heteroatoms. The van der Waals surface area contributed by atoms with E-state index in [4.69, 9.17) is 0 Å². The highest BCUT2D eigenvalue weighted by Gasteiger charge is 2.30. The van der Waals surface area contributed by atoms with E-state index in [1.54, 1.807) is 6.07 Å². The van der Waals surface area contributed by atoms with Crippen molar-refractivity contribution in [3.8, 4) is 0 Å². The second kappa shape index (κ2) is 4.20. The molecular formula is C12H12F3N. The lowest BCUT2D eigenvalue weighted by Crippen LogP contribution is -2.20. The molecule has 0 aromatic heterocycles. The van der Waals surface area contributed by atoms with Crippen molar-refractivity contribution in [2.24, 2.45) is 0 Å². The normalized spacial score (nSPS) is 20.6. The number of allylic oxidation sites excluding steroid dienone is 1. The molecule has 1 aliphatic rings. The van der Waals surface area contributed by atoms with E-state index in [0.29, 0.717) is 6.54 Å². The molecule has 2 rings (SSSR count). The lowest BCUT2D eigenvalue weighted by atomic mass is 9.93. The van der Waals surface area contributed by atoms with Crippen LogP contribution in [-0.2, 0) is 6.18 Å². The average molecular weight is 227 g/mol. The zero-order chi connectivity index (χ0) is 11.6. The minimum Gasteiger partial charge on any atom is -0.391 e. The summed E-state index contributed by atoms with van der Waals surface area (Å²) < 4.78 is 37.5. The molecule has 0 radical (unpaired) electrons. The molecule has 1 nitrogen and oxygen atoms in total. The molecule has 0 saturated heterocycles. The van der Waals surface area contributed by atoms with Gasteiger partial charge in [-0.2, -0.15) is 13.2 Å². The second-order valence-electron chi connectivity index (χ2n) is 3.87. The van der Waals surface area contributed by atoms with Gasteiger partial charge in [-0.3, -0.25) is 0 Å². The van der Waals surface area contributed by atoms with E-state index < -0.39 is 11.7 Å². The van der Waals surface area contributed by atoms with Crippen LogP contribution < -0.4 is 5.32 Å². The Morgan fingerprint density at radius 1 is 1.25 bits per heavy atom. The van der Waals surface area contributed by atoms with Crippen molar-refractivity contribution in [3.05, 3.63) is 47.7 Å². The quantitative estimate of drug-likeness (QED) is 0.776. The molecule has 0 bridgehead atoms. The molecule has 0 fully saturated rings. The summed E-state index contributed by atoms with van der Waals surface area (Å²) in [6, 6.07) is 5.57. The predicted molar refractivity (Wildman–Crippen MR) is 55.9 cm³/mol. The highest BCUT2D eigenvalue weighted by atomic mass is 19.4. The Morgan fingerprint density at radius 2 is 2.06 bits per heavy atom. The van der Waals surface area contributed by atoms with Crippen molar-refractivity contribution in [1.29, 1.82) is 0 Å². The van der Waals surface area contributed by atoms with Crippen LogP contribution in [0, 0.1) is 0 Å². The number of alkyl halides is 3. The molecule has 1 aliphatic heterocycles. The van der Waals surface area contributed by atoms with Gasteiger partial charge in [0, 0.05) is 12.5 Å². The van der Waals surface area contributed by atoms with Gasteiger partial charge in [0.1, 0.15) is 0 Å². The van der Waals surface area contributed by atoms with Crippen molar-refractivity contribution < 1.29 is 13.2 Å². The fourth-order valence-corrected chi connectivity index (χ4v) is 1.83. The van der Waals surface area contributed by atoms with E-state index in [1.807, 2.05) is 12.3 Å². The summed E-state index contributed by atoms with van der Waals surface area (Å²) in [4.78, 5) is 0. The Kier molecular flexibility index (Phi) is 2.90. The SMILES string of the molecule is FC(F)(F)c1cccc(C2CC=CNC2)c1. The number of halogens is 3. The topological polar surface area (TPSA) is 12.0 Å². The van der Waals surface area contributed by atoms with Crippen molar-refractivity contribution in [3.63, 3.8) is 0 Å². The number of hydrogen-bond donors (Lipinski definition) is 1. The summed E-state index contributed by atoms with van der Waals surface area (Å²) in [5, 5.41) is 3.03. The molecule has 16 heavy (non-hydrogen) atoms. The van der Waals surface area contributed by atoms with Crippen molar-refractivity contribution >= 4 is 0 Å². The van der Waals surface area contributed by atoms with Gasteiger partial charge < -0.3 is 5.32 Å². The summed E-state index contributed by atoms with van der Waals surface area (Å²) in [5.41, 5.74) is 0.172. The summed E-state index contributed by atoms with van der Waals surface area (Å²) in [6.07, 6.45) is 0.306. The van der Waals surface area contributed by atoms with Gasteiger partial charge in [0.25, 0.3) is 0 Å². The van der Waals surface area contributed by atoms with E-state index in [2.05, 4.69) is 5.32 Å². The van der Waals surface area contributed by atoms with Gasteiger partial charge >= 0.3 is 6.18 Å². The van der Waals surface area contributed by atoms with Crippen molar-refractivity contribution in [2.45, 2.75) is 18.5 Å². The van der Waals surface area contributed by atoms with Gasteiger partial charge in [0.05, 0.1) is 5.56 Å². The maximum Gasteiger partial charge on any atom is 0.416 e. The van der Waals surface area contributed by atoms with E-state index in [0.717, 1.165) is 18.1 Å². The second-order valence-corrected chi connectivity index (χ2v) is 3.87. The van der Waals surface area contributed by atoms with Crippen LogP contribution in [0.2, 0.25) is 0 Å². The Labute approximate surface area is 92.0 Å². The van der Waals surface area contributed by atoms with Crippen molar-refractivity contribution in [1.82, 2.24) is 5.32 Å². The average Bonchev–Trinajstić information content (AvgIpc) is 2.29. The number of benzene rings is 1. The van der Waals surface area contributed by atoms with Gasteiger partial charge in [0.2, 0.25) is 0 Å². The third-order valence-electron chi connectivity index (χ3n) is 2.71. The van der Waals surface area contributed by atoms with Crippen LogP contribution >= 0.6 is 0 Å². The highest BCUT2D eigenvalue weighted by molar-refractivity contribution is 5.29.